The quantitative estimate of drug-likeness (QED) is 0.409. The molecule has 7 nitrogen and oxygen atoms in total. The number of carbonyl (C=O) groups excluding carboxylic acids is 2. The largest absolute Gasteiger partial charge is 0.458 e. The summed E-state index contributed by atoms with van der Waals surface area (Å²) in [5, 5.41) is 6.39. The molecule has 2 N–H and O–H groups in total. The van der Waals surface area contributed by atoms with E-state index >= 15 is 0 Å². The third-order valence-corrected chi connectivity index (χ3v) is 5.83. The van der Waals surface area contributed by atoms with Crippen LogP contribution >= 0.6 is 11.8 Å². The number of fused-ring (bicyclic) bond motifs is 1. The summed E-state index contributed by atoms with van der Waals surface area (Å²) in [6.07, 6.45) is 2.41. The number of amides is 1. The van der Waals surface area contributed by atoms with Gasteiger partial charge in [-0.3, -0.25) is 9.59 Å². The Bertz CT molecular complexity index is 1230. The van der Waals surface area contributed by atoms with E-state index in [0.29, 0.717) is 34.6 Å². The number of ether oxygens (including phenoxy) is 1. The van der Waals surface area contributed by atoms with Gasteiger partial charge < -0.3 is 19.8 Å². The fourth-order valence-corrected chi connectivity index (χ4v) is 3.93. The number of rotatable bonds is 9. The first-order chi connectivity index (χ1) is 16.6. The van der Waals surface area contributed by atoms with Crippen molar-refractivity contribution in [3.8, 4) is 11.3 Å². The Labute approximate surface area is 209 Å². The number of esters is 1. The molecule has 0 radical (unpaired) electrons. The van der Waals surface area contributed by atoms with Crippen molar-refractivity contribution < 1.29 is 18.7 Å². The first kappa shape index (κ1) is 26.3. The summed E-state index contributed by atoms with van der Waals surface area (Å²) in [5.41, 5.74) is 1.05. The predicted octanol–water partition coefficient (Wildman–Crippen LogP) is 4.84. The fraction of sp³-hybridized carbons (Fsp3) is 0.370. The molecular weight excluding hydrogens is 464 g/mol. The number of hydrogen-bond donors (Lipinski definition) is 2. The van der Waals surface area contributed by atoms with E-state index in [4.69, 9.17) is 9.15 Å². The summed E-state index contributed by atoms with van der Waals surface area (Å²) in [6.45, 7) is 7.09. The maximum absolute atomic E-state index is 12.9. The topological polar surface area (TPSA) is 97.6 Å². The summed E-state index contributed by atoms with van der Waals surface area (Å²) in [7, 11) is 0. The van der Waals surface area contributed by atoms with Crippen molar-refractivity contribution in [2.24, 2.45) is 0 Å². The monoisotopic (exact) mass is 496 g/mol. The van der Waals surface area contributed by atoms with Gasteiger partial charge in [0, 0.05) is 23.4 Å². The van der Waals surface area contributed by atoms with E-state index in [1.807, 2.05) is 36.6 Å². The molecule has 186 valence electrons. The maximum atomic E-state index is 12.9. The van der Waals surface area contributed by atoms with Gasteiger partial charge in [0.25, 0.3) is 0 Å². The molecule has 8 heteroatoms. The van der Waals surface area contributed by atoms with Crippen LogP contribution in [0.25, 0.3) is 22.3 Å². The molecule has 0 unspecified atom stereocenters. The van der Waals surface area contributed by atoms with Crippen LogP contribution in [0.3, 0.4) is 0 Å². The van der Waals surface area contributed by atoms with Gasteiger partial charge in [-0.15, -0.1) is 0 Å². The Morgan fingerprint density at radius 3 is 2.46 bits per heavy atom. The molecule has 0 aliphatic heterocycles. The molecule has 0 aliphatic carbocycles. The van der Waals surface area contributed by atoms with Crippen molar-refractivity contribution in [2.75, 3.05) is 17.3 Å². The molecule has 0 saturated heterocycles. The molecule has 2 atom stereocenters. The molecule has 1 aromatic heterocycles. The third kappa shape index (κ3) is 7.36. The average Bonchev–Trinajstić information content (AvgIpc) is 2.80. The van der Waals surface area contributed by atoms with Crippen LogP contribution in [0, 0.1) is 0 Å². The standard InChI is InChI=1S/C27H32N2O5S/c1-17(25(31)29-21(13-14-35-5)26(32)34-27(2,3)4)28-19-11-12-20-22(30)16-23(33-24(20)15-19)18-9-7-6-8-10-18/h6-12,15-17,21,28H,13-14H2,1-5H3,(H,29,31)/t17-,21-/m0/s1. The van der Waals surface area contributed by atoms with E-state index < -0.39 is 23.7 Å². The van der Waals surface area contributed by atoms with Crippen LogP contribution in [0.4, 0.5) is 5.69 Å². The van der Waals surface area contributed by atoms with E-state index in [9.17, 15) is 14.4 Å². The minimum absolute atomic E-state index is 0.142. The molecule has 0 fully saturated rings. The second-order valence-corrected chi connectivity index (χ2v) is 10.3. The summed E-state index contributed by atoms with van der Waals surface area (Å²) >= 11 is 1.59. The second-order valence-electron chi connectivity index (χ2n) is 9.29. The number of hydrogen-bond acceptors (Lipinski definition) is 7. The molecule has 2 aromatic carbocycles. The highest BCUT2D eigenvalue weighted by atomic mass is 32.2. The molecule has 3 rings (SSSR count). The van der Waals surface area contributed by atoms with Crippen molar-refractivity contribution in [3.63, 3.8) is 0 Å². The van der Waals surface area contributed by atoms with Crippen LogP contribution in [0.2, 0.25) is 0 Å². The van der Waals surface area contributed by atoms with E-state index in [-0.39, 0.29) is 11.3 Å². The van der Waals surface area contributed by atoms with Gasteiger partial charge in [0.2, 0.25) is 5.91 Å². The minimum Gasteiger partial charge on any atom is -0.458 e. The number of thioether (sulfide) groups is 1. The van der Waals surface area contributed by atoms with Crippen LogP contribution in [-0.4, -0.2) is 41.6 Å². The summed E-state index contributed by atoms with van der Waals surface area (Å²) in [4.78, 5) is 38.1. The third-order valence-electron chi connectivity index (χ3n) is 5.18. The van der Waals surface area contributed by atoms with Crippen molar-refractivity contribution in [3.05, 3.63) is 64.8 Å². The Kier molecular flexibility index (Phi) is 8.62. The van der Waals surface area contributed by atoms with Gasteiger partial charge in [0.1, 0.15) is 29.0 Å². The molecule has 0 aliphatic rings. The lowest BCUT2D eigenvalue weighted by Crippen LogP contribution is -2.49. The van der Waals surface area contributed by atoms with Crippen molar-refractivity contribution >= 4 is 40.3 Å². The zero-order chi connectivity index (χ0) is 25.6. The summed E-state index contributed by atoms with van der Waals surface area (Å²) < 4.78 is 11.5. The van der Waals surface area contributed by atoms with E-state index in [1.165, 1.54) is 6.07 Å². The van der Waals surface area contributed by atoms with Gasteiger partial charge in [-0.05, 0) is 58.3 Å². The number of benzene rings is 2. The Hall–Kier alpha value is -3.26. The van der Waals surface area contributed by atoms with E-state index in [0.717, 1.165) is 5.56 Å². The lowest BCUT2D eigenvalue weighted by molar-refractivity contribution is -0.158. The lowest BCUT2D eigenvalue weighted by atomic mass is 10.1. The van der Waals surface area contributed by atoms with Gasteiger partial charge in [-0.1, -0.05) is 30.3 Å². The van der Waals surface area contributed by atoms with Gasteiger partial charge in [-0.2, -0.15) is 11.8 Å². The molecule has 0 spiro atoms. The minimum atomic E-state index is -0.735. The molecule has 0 saturated carbocycles. The molecule has 1 heterocycles. The molecule has 35 heavy (non-hydrogen) atoms. The molecule has 3 aromatic rings. The van der Waals surface area contributed by atoms with E-state index in [2.05, 4.69) is 10.6 Å². The predicted molar refractivity (Wildman–Crippen MR) is 142 cm³/mol. The average molecular weight is 497 g/mol. The summed E-state index contributed by atoms with van der Waals surface area (Å²) in [5.74, 6) is 0.397. The first-order valence-electron chi connectivity index (χ1n) is 11.5. The molecular formula is C27H32N2O5S. The highest BCUT2D eigenvalue weighted by molar-refractivity contribution is 7.98. The van der Waals surface area contributed by atoms with Gasteiger partial charge in [-0.25, -0.2) is 4.79 Å². The zero-order valence-electron chi connectivity index (χ0n) is 20.7. The Morgan fingerprint density at radius 1 is 1.09 bits per heavy atom. The maximum Gasteiger partial charge on any atom is 0.329 e. The molecule has 1 amide bonds. The first-order valence-corrected chi connectivity index (χ1v) is 12.9. The second kappa shape index (κ2) is 11.4. The summed E-state index contributed by atoms with van der Waals surface area (Å²) in [6, 6.07) is 14.6. The lowest BCUT2D eigenvalue weighted by Gasteiger charge is -2.25. The van der Waals surface area contributed by atoms with Gasteiger partial charge in [0.05, 0.1) is 5.39 Å². The van der Waals surface area contributed by atoms with Crippen molar-refractivity contribution in [2.45, 2.75) is 51.8 Å². The number of carbonyl (C=O) groups is 2. The van der Waals surface area contributed by atoms with Crippen LogP contribution in [0.5, 0.6) is 0 Å². The zero-order valence-corrected chi connectivity index (χ0v) is 21.5. The van der Waals surface area contributed by atoms with E-state index in [1.54, 1.807) is 57.7 Å². The van der Waals surface area contributed by atoms with Gasteiger partial charge >= 0.3 is 5.97 Å². The fourth-order valence-electron chi connectivity index (χ4n) is 3.46. The number of nitrogens with one attached hydrogen (secondary N) is 2. The Morgan fingerprint density at radius 2 is 1.80 bits per heavy atom. The van der Waals surface area contributed by atoms with Crippen molar-refractivity contribution in [1.82, 2.24) is 5.32 Å². The van der Waals surface area contributed by atoms with Crippen LogP contribution < -0.4 is 16.1 Å². The molecule has 0 bridgehead atoms. The highest BCUT2D eigenvalue weighted by Gasteiger charge is 2.28. The SMILES string of the molecule is CSCC[C@H](NC(=O)[C@H](C)Nc1ccc2c(=O)cc(-c3ccccc3)oc2c1)C(=O)OC(C)(C)C. The highest BCUT2D eigenvalue weighted by Crippen LogP contribution is 2.24. The van der Waals surface area contributed by atoms with Crippen molar-refractivity contribution in [1.29, 1.82) is 0 Å². The van der Waals surface area contributed by atoms with Crippen LogP contribution in [0.15, 0.2) is 63.8 Å². The normalized spacial score (nSPS) is 13.2. The van der Waals surface area contributed by atoms with Crippen LogP contribution in [0.1, 0.15) is 34.1 Å². The van der Waals surface area contributed by atoms with Crippen LogP contribution in [-0.2, 0) is 14.3 Å². The number of anilines is 1. The smallest absolute Gasteiger partial charge is 0.329 e. The van der Waals surface area contributed by atoms with Gasteiger partial charge in [0.15, 0.2) is 5.43 Å². The Balaban J connectivity index is 1.76.